The van der Waals surface area contributed by atoms with E-state index in [0.717, 1.165) is 0 Å². The normalized spacial score (nSPS) is 10.5. The summed E-state index contributed by atoms with van der Waals surface area (Å²) in [6, 6.07) is 4.44. The Labute approximate surface area is 96.6 Å². The van der Waals surface area contributed by atoms with Crippen LogP contribution in [0.15, 0.2) is 22.6 Å². The Morgan fingerprint density at radius 2 is 2.00 bits per heavy atom. The minimum absolute atomic E-state index is 0.0505. The molecule has 0 saturated heterocycles. The number of fused-ring (bicyclic) bond motifs is 1. The summed E-state index contributed by atoms with van der Waals surface area (Å²) in [5, 5.41) is 9.53. The molecule has 0 aliphatic rings. The van der Waals surface area contributed by atoms with Gasteiger partial charge in [0.25, 0.3) is 0 Å². The topological polar surface area (TPSA) is 76.7 Å². The number of esters is 1. The second-order valence-corrected chi connectivity index (χ2v) is 3.65. The molecule has 0 amide bonds. The van der Waals surface area contributed by atoms with E-state index in [0.29, 0.717) is 16.7 Å². The zero-order valence-electron chi connectivity index (χ0n) is 9.31. The minimum Gasteiger partial charge on any atom is -0.478 e. The van der Waals surface area contributed by atoms with Gasteiger partial charge in [0.05, 0.1) is 5.56 Å². The zero-order valence-corrected chi connectivity index (χ0v) is 9.31. The van der Waals surface area contributed by atoms with Crippen LogP contribution < -0.4 is 4.74 Å². The molecule has 2 rings (SSSR count). The quantitative estimate of drug-likeness (QED) is 0.637. The Kier molecular flexibility index (Phi) is 2.59. The molecule has 0 atom stereocenters. The predicted molar refractivity (Wildman–Crippen MR) is 59.2 cm³/mol. The summed E-state index contributed by atoms with van der Waals surface area (Å²) in [6.45, 7) is 2.98. The minimum atomic E-state index is -1.08. The number of benzene rings is 1. The van der Waals surface area contributed by atoms with Crippen molar-refractivity contribution in [2.75, 3.05) is 0 Å². The molecule has 17 heavy (non-hydrogen) atoms. The Balaban J connectivity index is 2.68. The van der Waals surface area contributed by atoms with Crippen molar-refractivity contribution in [2.24, 2.45) is 0 Å². The lowest BCUT2D eigenvalue weighted by Crippen LogP contribution is -2.03. The van der Waals surface area contributed by atoms with E-state index in [9.17, 15) is 9.59 Å². The van der Waals surface area contributed by atoms with Crippen molar-refractivity contribution in [3.63, 3.8) is 0 Å². The van der Waals surface area contributed by atoms with Crippen LogP contribution in [0.4, 0.5) is 0 Å². The molecule has 1 N–H and O–H groups in total. The number of aromatic carboxylic acids is 1. The molecule has 5 nitrogen and oxygen atoms in total. The number of carboxylic acids is 1. The van der Waals surface area contributed by atoms with Crippen molar-refractivity contribution in [3.05, 3.63) is 29.5 Å². The van der Waals surface area contributed by atoms with Crippen LogP contribution in [0.2, 0.25) is 0 Å². The van der Waals surface area contributed by atoms with Crippen molar-refractivity contribution in [2.45, 2.75) is 13.8 Å². The third-order valence-corrected chi connectivity index (χ3v) is 2.21. The van der Waals surface area contributed by atoms with Crippen LogP contribution in [0.1, 0.15) is 23.0 Å². The molecule has 5 heteroatoms. The van der Waals surface area contributed by atoms with Crippen LogP contribution >= 0.6 is 0 Å². The van der Waals surface area contributed by atoms with E-state index < -0.39 is 11.9 Å². The fraction of sp³-hybridized carbons (Fsp3) is 0.167. The van der Waals surface area contributed by atoms with Gasteiger partial charge in [0.1, 0.15) is 5.76 Å². The largest absolute Gasteiger partial charge is 0.478 e. The van der Waals surface area contributed by atoms with Crippen LogP contribution in [0.3, 0.4) is 0 Å². The molecule has 2 aromatic rings. The molecule has 1 heterocycles. The van der Waals surface area contributed by atoms with E-state index in [1.807, 2.05) is 0 Å². The van der Waals surface area contributed by atoms with Gasteiger partial charge in [0.2, 0.25) is 0 Å². The lowest BCUT2D eigenvalue weighted by atomic mass is 10.1. The maximum absolute atomic E-state index is 10.9. The molecule has 0 aliphatic heterocycles. The molecule has 0 saturated carbocycles. The van der Waals surface area contributed by atoms with Gasteiger partial charge in [0, 0.05) is 12.3 Å². The standard InChI is InChI=1S/C12H10O5/c1-6-3-8-4-9(12(14)15)5-10(11(8)16-6)17-7(2)13/h3-5H,1-2H3,(H,14,15). The van der Waals surface area contributed by atoms with E-state index in [-0.39, 0.29) is 11.3 Å². The number of rotatable bonds is 2. The molecule has 88 valence electrons. The first-order chi connectivity index (χ1) is 7.97. The van der Waals surface area contributed by atoms with Gasteiger partial charge in [-0.3, -0.25) is 4.79 Å². The smallest absolute Gasteiger partial charge is 0.335 e. The SMILES string of the molecule is CC(=O)Oc1cc(C(=O)O)cc2cc(C)oc12. The summed E-state index contributed by atoms with van der Waals surface area (Å²) in [5.74, 6) is -0.863. The van der Waals surface area contributed by atoms with Crippen LogP contribution in [0.25, 0.3) is 11.0 Å². The Morgan fingerprint density at radius 3 is 2.59 bits per heavy atom. The highest BCUT2D eigenvalue weighted by Crippen LogP contribution is 2.30. The number of carbonyl (C=O) groups excluding carboxylic acids is 1. The van der Waals surface area contributed by atoms with Crippen LogP contribution in [-0.2, 0) is 4.79 Å². The fourth-order valence-corrected chi connectivity index (χ4v) is 1.60. The predicted octanol–water partition coefficient (Wildman–Crippen LogP) is 2.36. The highest BCUT2D eigenvalue weighted by atomic mass is 16.5. The van der Waals surface area contributed by atoms with Crippen LogP contribution in [-0.4, -0.2) is 17.0 Å². The first-order valence-electron chi connectivity index (χ1n) is 4.93. The number of furan rings is 1. The Bertz CT molecular complexity index is 609. The Morgan fingerprint density at radius 1 is 1.29 bits per heavy atom. The van der Waals surface area contributed by atoms with E-state index in [4.69, 9.17) is 14.3 Å². The average Bonchev–Trinajstić information content (AvgIpc) is 2.57. The van der Waals surface area contributed by atoms with Gasteiger partial charge in [-0.25, -0.2) is 4.79 Å². The molecule has 1 aromatic heterocycles. The number of hydrogen-bond acceptors (Lipinski definition) is 4. The fourth-order valence-electron chi connectivity index (χ4n) is 1.60. The van der Waals surface area contributed by atoms with Crippen LogP contribution in [0, 0.1) is 6.92 Å². The van der Waals surface area contributed by atoms with Crippen molar-refractivity contribution in [1.29, 1.82) is 0 Å². The molecule has 0 radical (unpaired) electrons. The monoisotopic (exact) mass is 234 g/mol. The summed E-state index contributed by atoms with van der Waals surface area (Å²) in [5.41, 5.74) is 0.428. The number of carboxylic acid groups (broad SMARTS) is 1. The summed E-state index contributed by atoms with van der Waals surface area (Å²) < 4.78 is 10.3. The zero-order chi connectivity index (χ0) is 12.6. The summed E-state index contributed by atoms with van der Waals surface area (Å²) in [4.78, 5) is 21.9. The van der Waals surface area contributed by atoms with Gasteiger partial charge in [-0.05, 0) is 25.1 Å². The molecule has 0 aliphatic carbocycles. The first kappa shape index (κ1) is 11.2. The molecule has 0 fully saturated rings. The maximum atomic E-state index is 10.9. The Hall–Kier alpha value is -2.30. The van der Waals surface area contributed by atoms with Gasteiger partial charge in [0.15, 0.2) is 11.3 Å². The van der Waals surface area contributed by atoms with Gasteiger partial charge in [-0.2, -0.15) is 0 Å². The number of hydrogen-bond donors (Lipinski definition) is 1. The van der Waals surface area contributed by atoms with Gasteiger partial charge in [-0.15, -0.1) is 0 Å². The van der Waals surface area contributed by atoms with E-state index in [2.05, 4.69) is 0 Å². The van der Waals surface area contributed by atoms with Crippen molar-refractivity contribution < 1.29 is 23.8 Å². The average molecular weight is 234 g/mol. The van der Waals surface area contributed by atoms with Gasteiger partial charge < -0.3 is 14.3 Å². The lowest BCUT2D eigenvalue weighted by Gasteiger charge is -2.03. The molecule has 0 unspecified atom stereocenters. The molecule has 1 aromatic carbocycles. The van der Waals surface area contributed by atoms with Gasteiger partial charge in [-0.1, -0.05) is 0 Å². The van der Waals surface area contributed by atoms with E-state index >= 15 is 0 Å². The molecular weight excluding hydrogens is 224 g/mol. The molecule has 0 bridgehead atoms. The maximum Gasteiger partial charge on any atom is 0.335 e. The summed E-state index contributed by atoms with van der Waals surface area (Å²) in [6.07, 6.45) is 0. The third kappa shape index (κ3) is 2.13. The second kappa shape index (κ2) is 3.93. The highest BCUT2D eigenvalue weighted by Gasteiger charge is 2.14. The van der Waals surface area contributed by atoms with Crippen molar-refractivity contribution >= 4 is 22.9 Å². The van der Waals surface area contributed by atoms with Crippen molar-refractivity contribution in [1.82, 2.24) is 0 Å². The number of ether oxygens (including phenoxy) is 1. The first-order valence-corrected chi connectivity index (χ1v) is 4.93. The number of carbonyl (C=O) groups is 2. The second-order valence-electron chi connectivity index (χ2n) is 3.65. The van der Waals surface area contributed by atoms with E-state index in [1.54, 1.807) is 13.0 Å². The lowest BCUT2D eigenvalue weighted by molar-refractivity contribution is -0.131. The molecular formula is C12H10O5. The summed E-state index contributed by atoms with van der Waals surface area (Å²) >= 11 is 0. The summed E-state index contributed by atoms with van der Waals surface area (Å²) in [7, 11) is 0. The van der Waals surface area contributed by atoms with E-state index in [1.165, 1.54) is 19.1 Å². The number of aryl methyl sites for hydroxylation is 1. The van der Waals surface area contributed by atoms with Crippen molar-refractivity contribution in [3.8, 4) is 5.75 Å². The van der Waals surface area contributed by atoms with Crippen LogP contribution in [0.5, 0.6) is 5.75 Å². The van der Waals surface area contributed by atoms with Gasteiger partial charge >= 0.3 is 11.9 Å². The molecule has 0 spiro atoms. The highest BCUT2D eigenvalue weighted by molar-refractivity contribution is 5.96. The third-order valence-electron chi connectivity index (χ3n) is 2.21.